The Morgan fingerprint density at radius 1 is 0.849 bits per heavy atom. The largest absolute Gasteiger partial charge is 0.456 e. The molecule has 4 aliphatic rings. The number of amides is 1. The summed E-state index contributed by atoms with van der Waals surface area (Å²) >= 11 is 0. The van der Waals surface area contributed by atoms with Crippen LogP contribution in [0.25, 0.3) is 0 Å². The van der Waals surface area contributed by atoms with Crippen LogP contribution in [0, 0.1) is 29.6 Å². The molecule has 1 saturated carbocycles. The highest BCUT2D eigenvalue weighted by Gasteiger charge is 2.57. The predicted octanol–water partition coefficient (Wildman–Crippen LogP) is 9.03. The molecule has 13 unspecified atom stereocenters. The zero-order valence-electron chi connectivity index (χ0n) is 45.6. The second kappa shape index (κ2) is 25.5. The highest BCUT2D eigenvalue weighted by atomic mass is 28.4. The van der Waals surface area contributed by atoms with Gasteiger partial charge in [0, 0.05) is 45.6 Å². The summed E-state index contributed by atoms with van der Waals surface area (Å²) in [7, 11) is 1.96. The fourth-order valence-corrected chi connectivity index (χ4v) is 16.9. The van der Waals surface area contributed by atoms with Crippen LogP contribution in [0.1, 0.15) is 120 Å². The number of carbonyl (C=O) groups is 4. The minimum atomic E-state index is -2.89. The van der Waals surface area contributed by atoms with Crippen molar-refractivity contribution in [3.8, 4) is 0 Å². The van der Waals surface area contributed by atoms with E-state index in [0.717, 1.165) is 24.0 Å². The second-order valence-corrected chi connectivity index (χ2v) is 26.8. The molecule has 3 heterocycles. The molecule has 6 rings (SSSR count). The first-order valence-electron chi connectivity index (χ1n) is 26.7. The Balaban J connectivity index is 1.34. The van der Waals surface area contributed by atoms with Gasteiger partial charge >= 0.3 is 5.97 Å². The second-order valence-electron chi connectivity index (χ2n) is 22.5. The molecule has 2 aromatic rings. The number of hydrogen-bond donors (Lipinski definition) is 1. The number of rotatable bonds is 11. The molecule has 3 aliphatic heterocycles. The van der Waals surface area contributed by atoms with Gasteiger partial charge in [0.15, 0.2) is 5.78 Å². The maximum Gasteiger partial charge on any atom is 0.329 e. The van der Waals surface area contributed by atoms with E-state index < -0.39 is 80.0 Å². The number of piperidine rings is 1. The number of nitrogens with zero attached hydrogens (tertiary/aromatic N) is 1. The SMILES string of the molecule is C=CCC1C=C(C)CC(C)CC(OC)C2OC(O)(C(=O)C(=O)N3CCCCC3C(=O)OC(C(C)=CC3CCC(O[Si](c4ccccc4)(c4ccccc4)C(C)(C)C)C(OC)C3)C(C)C=CC1=O)C(C)CC2OC. The van der Waals surface area contributed by atoms with Crippen molar-refractivity contribution in [3.05, 3.63) is 109 Å². The van der Waals surface area contributed by atoms with E-state index in [1.165, 1.54) is 15.3 Å². The van der Waals surface area contributed by atoms with Crippen LogP contribution in [0.15, 0.2) is 109 Å². The van der Waals surface area contributed by atoms with Crippen LogP contribution in [0.5, 0.6) is 0 Å². The number of hydrogen-bond acceptors (Lipinski definition) is 11. The molecule has 73 heavy (non-hydrogen) atoms. The molecular weight excluding hydrogens is 939 g/mol. The summed E-state index contributed by atoms with van der Waals surface area (Å²) in [6.45, 7) is 20.5. The molecule has 400 valence electrons. The molecule has 1 aliphatic carbocycles. The quantitative estimate of drug-likeness (QED) is 0.0996. The van der Waals surface area contributed by atoms with Gasteiger partial charge in [0.05, 0.1) is 24.4 Å². The molecular formula is C60H85NO11Si. The molecule has 0 aromatic heterocycles. The molecule has 2 saturated heterocycles. The van der Waals surface area contributed by atoms with Gasteiger partial charge < -0.3 is 38.1 Å². The summed E-state index contributed by atoms with van der Waals surface area (Å²) in [5.74, 6) is -7.06. The van der Waals surface area contributed by atoms with Gasteiger partial charge in [-0.25, -0.2) is 4.79 Å². The van der Waals surface area contributed by atoms with Crippen molar-refractivity contribution in [2.24, 2.45) is 29.6 Å². The van der Waals surface area contributed by atoms with Crippen molar-refractivity contribution < 1.29 is 52.4 Å². The Kier molecular flexibility index (Phi) is 20.2. The van der Waals surface area contributed by atoms with Crippen LogP contribution in [-0.2, 0) is 47.3 Å². The zero-order valence-corrected chi connectivity index (χ0v) is 46.6. The highest BCUT2D eigenvalue weighted by molar-refractivity contribution is 6.99. The van der Waals surface area contributed by atoms with E-state index >= 15 is 0 Å². The summed E-state index contributed by atoms with van der Waals surface area (Å²) in [5.41, 5.74) is 1.81. The topological polar surface area (TPSA) is 147 Å². The summed E-state index contributed by atoms with van der Waals surface area (Å²) in [6.07, 6.45) is 11.5. The lowest BCUT2D eigenvalue weighted by molar-refractivity contribution is -0.302. The average Bonchev–Trinajstić information content (AvgIpc) is 3.38. The summed E-state index contributed by atoms with van der Waals surface area (Å²) in [5, 5.41) is 14.4. The molecule has 1 amide bonds. The first-order valence-corrected chi connectivity index (χ1v) is 28.6. The van der Waals surface area contributed by atoms with Gasteiger partial charge in [0.25, 0.3) is 20.0 Å². The van der Waals surface area contributed by atoms with Crippen molar-refractivity contribution in [1.82, 2.24) is 4.90 Å². The highest BCUT2D eigenvalue weighted by Crippen LogP contribution is 2.42. The van der Waals surface area contributed by atoms with Gasteiger partial charge in [-0.1, -0.05) is 132 Å². The van der Waals surface area contributed by atoms with E-state index in [1.54, 1.807) is 40.4 Å². The van der Waals surface area contributed by atoms with Crippen LogP contribution in [0.4, 0.5) is 0 Å². The Morgan fingerprint density at radius 2 is 1.47 bits per heavy atom. The number of fused-ring (bicyclic) bond motifs is 3. The Bertz CT molecular complexity index is 2250. The van der Waals surface area contributed by atoms with Crippen LogP contribution in [0.3, 0.4) is 0 Å². The van der Waals surface area contributed by atoms with Crippen molar-refractivity contribution in [2.75, 3.05) is 27.9 Å². The van der Waals surface area contributed by atoms with E-state index in [2.05, 4.69) is 88.9 Å². The molecule has 2 bridgehead atoms. The number of ketones is 2. The summed E-state index contributed by atoms with van der Waals surface area (Å²) < 4.78 is 38.7. The first kappa shape index (κ1) is 57.9. The fraction of sp³-hybridized carbons (Fsp3) is 0.600. The van der Waals surface area contributed by atoms with Gasteiger partial charge in [-0.3, -0.25) is 14.4 Å². The lowest BCUT2D eigenvalue weighted by Crippen LogP contribution is -2.68. The number of benzene rings is 2. The van der Waals surface area contributed by atoms with Gasteiger partial charge in [-0.05, 0) is 117 Å². The average molecular weight is 1020 g/mol. The van der Waals surface area contributed by atoms with Crippen molar-refractivity contribution in [1.29, 1.82) is 0 Å². The standard InChI is InChI=1S/C60H85NO11Si/c1-13-22-45-34-39(2)33-40(3)35-52(68-11)55-53(69-12)37-43(6)60(66,71-55)56(63)57(64)61-32-21-20-27-48(61)58(65)70-54(41(4)28-30-49(45)62)42(5)36-44-29-31-50(51(38-44)67-10)72-73(59(7,8)9,46-23-16-14-17-24-46)47-25-18-15-19-26-47/h13-19,23-26,28,30,34,36,40-41,43-45,48,50-55,66H,1,20-22,27,29,31-33,35,37-38H2,2-12H3. The molecule has 12 nitrogen and oxygen atoms in total. The summed E-state index contributed by atoms with van der Waals surface area (Å²) in [4.78, 5) is 59.1. The predicted molar refractivity (Wildman–Crippen MR) is 288 cm³/mol. The van der Waals surface area contributed by atoms with Gasteiger partial charge in [0.1, 0.15) is 18.2 Å². The molecule has 0 spiro atoms. The molecule has 1 N–H and O–H groups in total. The third-order valence-electron chi connectivity index (χ3n) is 16.1. The number of carbonyl (C=O) groups excluding carboxylic acids is 4. The zero-order chi connectivity index (χ0) is 53.3. The number of allylic oxidation sites excluding steroid dienone is 5. The lowest BCUT2D eigenvalue weighted by Gasteiger charge is -2.47. The van der Waals surface area contributed by atoms with E-state index in [9.17, 15) is 24.3 Å². The monoisotopic (exact) mass is 1020 g/mol. The molecule has 2 aromatic carbocycles. The summed E-state index contributed by atoms with van der Waals surface area (Å²) in [6, 6.07) is 20.1. The normalized spacial score (nSPS) is 33.0. The van der Waals surface area contributed by atoms with Gasteiger partial charge in [-0.2, -0.15) is 0 Å². The number of methoxy groups -OCH3 is 3. The van der Waals surface area contributed by atoms with Crippen LogP contribution in [0.2, 0.25) is 5.04 Å². The van der Waals surface area contributed by atoms with Crippen molar-refractivity contribution in [3.63, 3.8) is 0 Å². The maximum atomic E-state index is 14.7. The number of cyclic esters (lactones) is 1. The third-order valence-corrected chi connectivity index (χ3v) is 21.2. The van der Waals surface area contributed by atoms with Gasteiger partial charge in [-0.15, -0.1) is 6.58 Å². The lowest BCUT2D eigenvalue weighted by atomic mass is 9.82. The Morgan fingerprint density at radius 3 is 2.05 bits per heavy atom. The van der Waals surface area contributed by atoms with Crippen LogP contribution >= 0.6 is 0 Å². The van der Waals surface area contributed by atoms with E-state index in [-0.39, 0.29) is 54.3 Å². The number of esters is 1. The third kappa shape index (κ3) is 13.2. The maximum absolute atomic E-state index is 14.7. The minimum absolute atomic E-state index is 0.0354. The molecule has 0 radical (unpaired) electrons. The van der Waals surface area contributed by atoms with Crippen molar-refractivity contribution in [2.45, 2.75) is 173 Å². The first-order chi connectivity index (χ1) is 34.7. The van der Waals surface area contributed by atoms with E-state index in [1.807, 2.05) is 45.1 Å². The van der Waals surface area contributed by atoms with Crippen molar-refractivity contribution >= 4 is 42.1 Å². The molecule has 13 heteroatoms. The Labute approximate surface area is 437 Å². The number of aliphatic hydroxyl groups is 1. The van der Waals surface area contributed by atoms with Crippen LogP contribution in [-0.4, -0.2) is 118 Å². The van der Waals surface area contributed by atoms with E-state index in [4.69, 9.17) is 28.1 Å². The number of ether oxygens (including phenoxy) is 5. The Hall–Kier alpha value is -4.34. The van der Waals surface area contributed by atoms with Gasteiger partial charge in [0.2, 0.25) is 5.79 Å². The number of Topliss-reactive ketones (excluding diaryl/α,β-unsaturated/α-hetero) is 1. The fourth-order valence-electron chi connectivity index (χ4n) is 12.2. The molecule has 13 atom stereocenters. The molecule has 3 fully saturated rings. The minimum Gasteiger partial charge on any atom is -0.456 e. The smallest absolute Gasteiger partial charge is 0.329 e. The van der Waals surface area contributed by atoms with E-state index in [0.29, 0.717) is 38.5 Å². The van der Waals surface area contributed by atoms with Crippen LogP contribution < -0.4 is 10.4 Å².